The molecule has 0 amide bonds. The summed E-state index contributed by atoms with van der Waals surface area (Å²) in [6.07, 6.45) is 7.30. The maximum atomic E-state index is 12.2. The largest absolute Gasteiger partial charge is 0.481 e. The molecule has 4 rings (SSSR count). The number of hydrogen-bond acceptors (Lipinski definition) is 6. The smallest absolute Gasteiger partial charge is 0.212 e. The summed E-state index contributed by atoms with van der Waals surface area (Å²) in [5.74, 6) is 0.450. The molecular formula is C26H29N5O2. The highest BCUT2D eigenvalue weighted by Crippen LogP contribution is 2.34. The molecule has 0 spiro atoms. The molecule has 0 aromatic carbocycles. The number of Topliss-reactive ketones (excluding diaryl/α,β-unsaturated/α-hetero) is 1. The van der Waals surface area contributed by atoms with Crippen LogP contribution in [0.1, 0.15) is 45.5 Å². The van der Waals surface area contributed by atoms with Crippen molar-refractivity contribution < 1.29 is 9.53 Å². The minimum Gasteiger partial charge on any atom is -0.481 e. The van der Waals surface area contributed by atoms with Gasteiger partial charge in [-0.2, -0.15) is 0 Å². The van der Waals surface area contributed by atoms with Crippen LogP contribution in [0.3, 0.4) is 0 Å². The normalized spacial score (nSPS) is 12.6. The van der Waals surface area contributed by atoms with Gasteiger partial charge in [0.05, 0.1) is 29.9 Å². The van der Waals surface area contributed by atoms with Gasteiger partial charge < -0.3 is 15.0 Å². The molecule has 0 saturated heterocycles. The highest BCUT2D eigenvalue weighted by Gasteiger charge is 2.20. The molecule has 4 aromatic rings. The Kier molecular flexibility index (Phi) is 6.92. The average Bonchev–Trinajstić information content (AvgIpc) is 3.17. The molecule has 7 nitrogen and oxygen atoms in total. The Hall–Kier alpha value is -4.00. The fourth-order valence-electron chi connectivity index (χ4n) is 3.93. The van der Waals surface area contributed by atoms with Gasteiger partial charge in [0.25, 0.3) is 0 Å². The summed E-state index contributed by atoms with van der Waals surface area (Å²) in [7, 11) is 1.59. The second kappa shape index (κ2) is 9.65. The molecule has 33 heavy (non-hydrogen) atoms. The standard InChI is InChI=1S/C25H25N5O2.CH4/c1-15(26)24(17(3)31)19-11-22-25(29-13-19)20(18-8-9-23(32-4)28-12-18)14-30(22)16(2)21-7-5-6-10-27-21;/h5-14,16H,26H2,1-4H3;1H4/t16-;/m0./s1. The summed E-state index contributed by atoms with van der Waals surface area (Å²) < 4.78 is 7.31. The zero-order valence-electron chi connectivity index (χ0n) is 18.5. The maximum Gasteiger partial charge on any atom is 0.212 e. The van der Waals surface area contributed by atoms with E-state index in [2.05, 4.69) is 27.7 Å². The Morgan fingerprint density at radius 1 is 1.09 bits per heavy atom. The van der Waals surface area contributed by atoms with Crippen LogP contribution in [0.4, 0.5) is 0 Å². The lowest BCUT2D eigenvalue weighted by atomic mass is 10.0. The predicted molar refractivity (Wildman–Crippen MR) is 132 cm³/mol. The van der Waals surface area contributed by atoms with E-state index < -0.39 is 0 Å². The molecule has 0 radical (unpaired) electrons. The molecule has 0 aliphatic rings. The van der Waals surface area contributed by atoms with Crippen molar-refractivity contribution in [1.82, 2.24) is 19.5 Å². The molecule has 0 aliphatic heterocycles. The van der Waals surface area contributed by atoms with E-state index in [0.29, 0.717) is 22.7 Å². The first-order valence-corrected chi connectivity index (χ1v) is 10.3. The van der Waals surface area contributed by atoms with Crippen LogP contribution >= 0.6 is 0 Å². The molecule has 0 fully saturated rings. The van der Waals surface area contributed by atoms with E-state index in [1.807, 2.05) is 36.4 Å². The first-order valence-electron chi connectivity index (χ1n) is 10.3. The maximum absolute atomic E-state index is 12.2. The molecule has 2 N–H and O–H groups in total. The third-order valence-electron chi connectivity index (χ3n) is 5.49. The minimum absolute atomic E-state index is 0. The van der Waals surface area contributed by atoms with Gasteiger partial charge in [-0.3, -0.25) is 14.8 Å². The molecular weight excluding hydrogens is 414 g/mol. The summed E-state index contributed by atoms with van der Waals surface area (Å²) in [5, 5.41) is 0. The summed E-state index contributed by atoms with van der Waals surface area (Å²) in [6.45, 7) is 5.32. The molecule has 0 aliphatic carbocycles. The van der Waals surface area contributed by atoms with Crippen molar-refractivity contribution in [2.75, 3.05) is 7.11 Å². The Bertz CT molecular complexity index is 1300. The minimum atomic E-state index is -0.0957. The number of nitrogens with zero attached hydrogens (tertiary/aromatic N) is 4. The number of hydrogen-bond donors (Lipinski definition) is 1. The van der Waals surface area contributed by atoms with Crippen LogP contribution in [0, 0.1) is 0 Å². The first-order chi connectivity index (χ1) is 15.4. The lowest BCUT2D eigenvalue weighted by molar-refractivity contribution is -0.111. The van der Waals surface area contributed by atoms with Gasteiger partial charge in [0, 0.05) is 58.8 Å². The van der Waals surface area contributed by atoms with Gasteiger partial charge in [0.2, 0.25) is 5.88 Å². The summed E-state index contributed by atoms with van der Waals surface area (Å²) in [5.41, 5.74) is 12.1. The van der Waals surface area contributed by atoms with Crippen LogP contribution in [0.25, 0.3) is 27.7 Å². The van der Waals surface area contributed by atoms with Gasteiger partial charge in [0.15, 0.2) is 5.78 Å². The fourth-order valence-corrected chi connectivity index (χ4v) is 3.93. The van der Waals surface area contributed by atoms with Crippen molar-refractivity contribution in [3.05, 3.63) is 78.1 Å². The van der Waals surface area contributed by atoms with Gasteiger partial charge >= 0.3 is 0 Å². The number of rotatable bonds is 6. The van der Waals surface area contributed by atoms with E-state index in [9.17, 15) is 4.79 Å². The number of ketones is 1. The SMILES string of the molecule is C.COc1ccc(-c2cn([C@@H](C)c3ccccn3)c3cc(C(C(C)=O)=C(C)N)cnc23)cn1. The number of fused-ring (bicyclic) bond motifs is 1. The molecule has 0 unspecified atom stereocenters. The van der Waals surface area contributed by atoms with Crippen LogP contribution in [0.5, 0.6) is 5.88 Å². The molecule has 1 atom stereocenters. The van der Waals surface area contributed by atoms with E-state index in [1.54, 1.807) is 32.6 Å². The lowest BCUT2D eigenvalue weighted by Crippen LogP contribution is -2.08. The molecule has 170 valence electrons. The Balaban J connectivity index is 0.00000306. The number of nitrogens with two attached hydrogens (primary N) is 1. The van der Waals surface area contributed by atoms with Crippen molar-refractivity contribution >= 4 is 22.4 Å². The summed E-state index contributed by atoms with van der Waals surface area (Å²) >= 11 is 0. The van der Waals surface area contributed by atoms with Gasteiger partial charge in [-0.15, -0.1) is 0 Å². The number of methoxy groups -OCH3 is 1. The van der Waals surface area contributed by atoms with Crippen molar-refractivity contribution in [1.29, 1.82) is 0 Å². The quantitative estimate of drug-likeness (QED) is 0.420. The van der Waals surface area contributed by atoms with Gasteiger partial charge in [0.1, 0.15) is 0 Å². The summed E-state index contributed by atoms with van der Waals surface area (Å²) in [6, 6.07) is 11.5. The van der Waals surface area contributed by atoms with E-state index >= 15 is 0 Å². The molecule has 4 heterocycles. The van der Waals surface area contributed by atoms with Crippen molar-refractivity contribution in [2.45, 2.75) is 34.2 Å². The Labute approximate surface area is 194 Å². The highest BCUT2D eigenvalue weighted by molar-refractivity contribution is 6.20. The van der Waals surface area contributed by atoms with Crippen molar-refractivity contribution in [2.24, 2.45) is 5.73 Å². The Morgan fingerprint density at radius 3 is 2.45 bits per heavy atom. The van der Waals surface area contributed by atoms with Crippen LogP contribution in [-0.4, -0.2) is 32.4 Å². The van der Waals surface area contributed by atoms with E-state index in [-0.39, 0.29) is 19.3 Å². The molecule has 0 bridgehead atoms. The lowest BCUT2D eigenvalue weighted by Gasteiger charge is -2.15. The van der Waals surface area contributed by atoms with Crippen LogP contribution in [0.15, 0.2) is 66.9 Å². The fraction of sp³-hybridized carbons (Fsp3) is 0.231. The Morgan fingerprint density at radius 2 is 1.88 bits per heavy atom. The zero-order chi connectivity index (χ0) is 22.8. The zero-order valence-corrected chi connectivity index (χ0v) is 18.5. The predicted octanol–water partition coefficient (Wildman–Crippen LogP) is 5.03. The monoisotopic (exact) mass is 443 g/mol. The van der Waals surface area contributed by atoms with Gasteiger partial charge in [-0.25, -0.2) is 4.98 Å². The second-order valence-electron chi connectivity index (χ2n) is 7.68. The first kappa shape index (κ1) is 23.7. The molecule has 7 heteroatoms. The van der Waals surface area contributed by atoms with E-state index in [4.69, 9.17) is 15.5 Å². The number of pyridine rings is 3. The second-order valence-corrected chi connectivity index (χ2v) is 7.68. The van der Waals surface area contributed by atoms with Gasteiger partial charge in [-0.1, -0.05) is 13.5 Å². The van der Waals surface area contributed by atoms with Gasteiger partial charge in [-0.05, 0) is 45.0 Å². The molecule has 0 saturated carbocycles. The third kappa shape index (κ3) is 4.48. The number of aromatic nitrogens is 4. The molecule has 4 aromatic heterocycles. The van der Waals surface area contributed by atoms with Crippen molar-refractivity contribution in [3.8, 4) is 17.0 Å². The topological polar surface area (TPSA) is 95.9 Å². The average molecular weight is 444 g/mol. The van der Waals surface area contributed by atoms with E-state index in [1.165, 1.54) is 6.92 Å². The number of allylic oxidation sites excluding steroid dienone is 2. The van der Waals surface area contributed by atoms with E-state index in [0.717, 1.165) is 27.9 Å². The number of ether oxygens (including phenoxy) is 1. The highest BCUT2D eigenvalue weighted by atomic mass is 16.5. The van der Waals surface area contributed by atoms with Crippen LogP contribution in [0.2, 0.25) is 0 Å². The van der Waals surface area contributed by atoms with Crippen molar-refractivity contribution in [3.63, 3.8) is 0 Å². The number of carbonyl (C=O) groups is 1. The number of carbonyl (C=O) groups excluding carboxylic acids is 1. The van der Waals surface area contributed by atoms with Crippen LogP contribution < -0.4 is 10.5 Å². The summed E-state index contributed by atoms with van der Waals surface area (Å²) in [4.78, 5) is 25.9. The van der Waals surface area contributed by atoms with Crippen LogP contribution in [-0.2, 0) is 4.79 Å². The third-order valence-corrected chi connectivity index (χ3v) is 5.49.